The summed E-state index contributed by atoms with van der Waals surface area (Å²) in [5.74, 6) is -0.0212. The van der Waals surface area contributed by atoms with Crippen molar-refractivity contribution in [3.63, 3.8) is 0 Å². The summed E-state index contributed by atoms with van der Waals surface area (Å²) in [4.78, 5) is 13.1. The maximum atomic E-state index is 10.5. The number of aliphatic hydroxyl groups is 2. The van der Waals surface area contributed by atoms with Gasteiger partial charge < -0.3 is 15.3 Å². The van der Waals surface area contributed by atoms with Gasteiger partial charge in [-0.3, -0.25) is 4.79 Å². The Bertz CT molecular complexity index is 692. The zero-order valence-corrected chi connectivity index (χ0v) is 19.7. The molecule has 4 nitrogen and oxygen atoms in total. The highest BCUT2D eigenvalue weighted by atomic mass is 79.9. The van der Waals surface area contributed by atoms with Crippen LogP contribution in [0.5, 0.6) is 0 Å². The summed E-state index contributed by atoms with van der Waals surface area (Å²) < 4.78 is 1.13. The minimum absolute atomic E-state index is 0.169. The number of unbranched alkanes of at least 4 members (excludes halogenated alkanes) is 1. The lowest BCUT2D eigenvalue weighted by Crippen LogP contribution is -2.18. The predicted molar refractivity (Wildman–Crippen MR) is 122 cm³/mol. The normalized spacial score (nSPS) is 24.5. The molecule has 1 saturated carbocycles. The van der Waals surface area contributed by atoms with Crippen molar-refractivity contribution in [1.82, 2.24) is 0 Å². The van der Waals surface area contributed by atoms with Crippen LogP contribution in [0.2, 0.25) is 0 Å². The fraction of sp³-hybridized carbons (Fsp3) is 0.609. The predicted octanol–water partition coefficient (Wildman–Crippen LogP) is 5.82. The van der Waals surface area contributed by atoms with Gasteiger partial charge in [0.05, 0.1) is 12.2 Å². The lowest BCUT2D eigenvalue weighted by molar-refractivity contribution is -0.137. The van der Waals surface area contributed by atoms with E-state index in [2.05, 4.69) is 48.0 Å². The van der Waals surface area contributed by atoms with Crippen molar-refractivity contribution in [2.24, 2.45) is 11.8 Å². The van der Waals surface area contributed by atoms with Gasteiger partial charge in [0.15, 0.2) is 0 Å². The molecular formula is C23H33BrO4S. The van der Waals surface area contributed by atoms with Crippen LogP contribution in [0.3, 0.4) is 0 Å². The number of hydrogen-bond donors (Lipinski definition) is 3. The van der Waals surface area contributed by atoms with Crippen LogP contribution in [0, 0.1) is 18.8 Å². The number of halogens is 1. The van der Waals surface area contributed by atoms with Crippen LogP contribution in [0.15, 0.2) is 34.8 Å². The topological polar surface area (TPSA) is 77.8 Å². The fourth-order valence-electron chi connectivity index (χ4n) is 3.94. The van der Waals surface area contributed by atoms with Crippen LogP contribution in [0.25, 0.3) is 0 Å². The second-order valence-electron chi connectivity index (χ2n) is 8.11. The Morgan fingerprint density at radius 1 is 1.38 bits per heavy atom. The largest absolute Gasteiger partial charge is 0.481 e. The third-order valence-corrected chi connectivity index (χ3v) is 8.08. The standard InChI is InChI=1S/C23H33BrO4S/c1-15(22-14-20(24)16(2)29-22)13-18(25)11-9-17-10-12-21(26)19(17)7-5-3-4-6-8-23(27)28/h3,5,9,11,14-15,17-19,21,25-26H,4,6-8,10,12-13H2,1-2H3,(H,27,28)/t15?,17-,18+,19+,21?/m0/s1. The first-order chi connectivity index (χ1) is 13.8. The molecule has 2 unspecified atom stereocenters. The van der Waals surface area contributed by atoms with E-state index in [9.17, 15) is 15.0 Å². The number of hydrogen-bond acceptors (Lipinski definition) is 4. The molecule has 29 heavy (non-hydrogen) atoms. The highest BCUT2D eigenvalue weighted by Gasteiger charge is 2.32. The second kappa shape index (κ2) is 12.0. The molecule has 0 spiro atoms. The van der Waals surface area contributed by atoms with Crippen molar-refractivity contribution in [3.05, 3.63) is 44.6 Å². The van der Waals surface area contributed by atoms with Crippen molar-refractivity contribution in [2.45, 2.75) is 76.9 Å². The lowest BCUT2D eigenvalue weighted by Gasteiger charge is -2.19. The molecule has 1 fully saturated rings. The highest BCUT2D eigenvalue weighted by molar-refractivity contribution is 9.10. The molecule has 1 heterocycles. The molecule has 1 aliphatic rings. The number of aryl methyl sites for hydroxylation is 1. The molecule has 6 heteroatoms. The Kier molecular flexibility index (Phi) is 10.1. The molecule has 0 saturated heterocycles. The van der Waals surface area contributed by atoms with Crippen LogP contribution in [0.4, 0.5) is 0 Å². The van der Waals surface area contributed by atoms with Crippen LogP contribution < -0.4 is 0 Å². The van der Waals surface area contributed by atoms with E-state index in [0.29, 0.717) is 18.8 Å². The van der Waals surface area contributed by atoms with Gasteiger partial charge in [-0.1, -0.05) is 31.2 Å². The zero-order valence-electron chi connectivity index (χ0n) is 17.3. The highest BCUT2D eigenvalue weighted by Crippen LogP contribution is 2.37. The maximum absolute atomic E-state index is 10.5. The molecule has 1 aromatic rings. The molecule has 1 aliphatic carbocycles. The third-order valence-electron chi connectivity index (χ3n) is 5.71. The molecule has 2 rings (SSSR count). The lowest BCUT2D eigenvalue weighted by atomic mass is 9.90. The van der Waals surface area contributed by atoms with E-state index in [1.807, 2.05) is 12.2 Å². The van der Waals surface area contributed by atoms with E-state index in [-0.39, 0.29) is 24.4 Å². The average molecular weight is 485 g/mol. The molecule has 0 radical (unpaired) electrons. The van der Waals surface area contributed by atoms with Gasteiger partial charge in [-0.15, -0.1) is 11.3 Å². The molecule has 0 amide bonds. The van der Waals surface area contributed by atoms with Crippen LogP contribution in [-0.4, -0.2) is 33.5 Å². The van der Waals surface area contributed by atoms with Crippen molar-refractivity contribution >= 4 is 33.2 Å². The van der Waals surface area contributed by atoms with Gasteiger partial charge in [0.2, 0.25) is 0 Å². The first-order valence-corrected chi connectivity index (χ1v) is 12.1. The Balaban J connectivity index is 1.82. The summed E-state index contributed by atoms with van der Waals surface area (Å²) >= 11 is 5.33. The molecule has 3 N–H and O–H groups in total. The number of thiophene rings is 1. The maximum Gasteiger partial charge on any atom is 0.303 e. The smallest absolute Gasteiger partial charge is 0.303 e. The number of rotatable bonds is 11. The number of carbonyl (C=O) groups is 1. The summed E-state index contributed by atoms with van der Waals surface area (Å²) in [7, 11) is 0. The Labute approximate surface area is 186 Å². The minimum atomic E-state index is -0.760. The molecule has 0 bridgehead atoms. The molecule has 0 aromatic carbocycles. The summed E-state index contributed by atoms with van der Waals surface area (Å²) in [6.07, 6.45) is 12.1. The van der Waals surface area contributed by atoms with E-state index in [1.54, 1.807) is 11.3 Å². The molecular weight excluding hydrogens is 452 g/mol. The molecule has 5 atom stereocenters. The minimum Gasteiger partial charge on any atom is -0.481 e. The summed E-state index contributed by atoms with van der Waals surface area (Å²) in [5.41, 5.74) is 0. The SMILES string of the molecule is Cc1sc(C(C)C[C@H](O)C=C[C@H]2CCC(O)[C@@H]2CC=CCCCC(=O)O)cc1Br. The van der Waals surface area contributed by atoms with Gasteiger partial charge in [0.1, 0.15) is 0 Å². The van der Waals surface area contributed by atoms with Gasteiger partial charge in [0, 0.05) is 20.6 Å². The monoisotopic (exact) mass is 484 g/mol. The summed E-state index contributed by atoms with van der Waals surface area (Å²) in [6.45, 7) is 4.24. The second-order valence-corrected chi connectivity index (χ2v) is 10.2. The van der Waals surface area contributed by atoms with Gasteiger partial charge >= 0.3 is 5.97 Å². The first kappa shape index (κ1) is 24.3. The van der Waals surface area contributed by atoms with Gasteiger partial charge in [-0.2, -0.15) is 0 Å². The van der Waals surface area contributed by atoms with Gasteiger partial charge in [-0.25, -0.2) is 0 Å². The Morgan fingerprint density at radius 2 is 2.14 bits per heavy atom. The van der Waals surface area contributed by atoms with Crippen molar-refractivity contribution < 1.29 is 20.1 Å². The molecule has 162 valence electrons. The van der Waals surface area contributed by atoms with Crippen molar-refractivity contribution in [3.8, 4) is 0 Å². The van der Waals surface area contributed by atoms with E-state index in [0.717, 1.165) is 30.2 Å². The number of aliphatic carboxylic acids is 1. The van der Waals surface area contributed by atoms with Crippen LogP contribution in [-0.2, 0) is 4.79 Å². The van der Waals surface area contributed by atoms with E-state index in [4.69, 9.17) is 5.11 Å². The quantitative estimate of drug-likeness (QED) is 0.273. The first-order valence-electron chi connectivity index (χ1n) is 10.4. The zero-order chi connectivity index (χ0) is 21.4. The number of aliphatic hydroxyl groups excluding tert-OH is 2. The summed E-state index contributed by atoms with van der Waals surface area (Å²) in [5, 5.41) is 29.4. The third kappa shape index (κ3) is 8.00. The Morgan fingerprint density at radius 3 is 2.79 bits per heavy atom. The molecule has 0 aliphatic heterocycles. The van der Waals surface area contributed by atoms with Crippen LogP contribution >= 0.6 is 27.3 Å². The fourth-order valence-corrected chi connectivity index (χ4v) is 5.57. The average Bonchev–Trinajstić information content (AvgIpc) is 3.18. The van der Waals surface area contributed by atoms with Gasteiger partial charge in [-0.05, 0) is 85.2 Å². The number of allylic oxidation sites excluding steroid dienone is 3. The Hall–Kier alpha value is -0.950. The number of carboxylic acid groups (broad SMARTS) is 1. The van der Waals surface area contributed by atoms with Crippen molar-refractivity contribution in [2.75, 3.05) is 0 Å². The van der Waals surface area contributed by atoms with E-state index >= 15 is 0 Å². The van der Waals surface area contributed by atoms with E-state index < -0.39 is 12.1 Å². The summed E-state index contributed by atoms with van der Waals surface area (Å²) in [6, 6.07) is 2.15. The van der Waals surface area contributed by atoms with E-state index in [1.165, 1.54) is 9.75 Å². The van der Waals surface area contributed by atoms with Gasteiger partial charge in [0.25, 0.3) is 0 Å². The number of carboxylic acids is 1. The molecule has 1 aromatic heterocycles. The van der Waals surface area contributed by atoms with Crippen LogP contribution in [0.1, 0.15) is 67.5 Å². The van der Waals surface area contributed by atoms with Crippen molar-refractivity contribution in [1.29, 1.82) is 0 Å².